The molecule has 0 spiro atoms. The van der Waals surface area contributed by atoms with Crippen LogP contribution in [0.4, 0.5) is 5.69 Å². The van der Waals surface area contributed by atoms with Crippen LogP contribution in [0.25, 0.3) is 0 Å². The molecule has 0 aliphatic heterocycles. The van der Waals surface area contributed by atoms with Gasteiger partial charge in [-0.05, 0) is 49.2 Å². The number of hydrogen-bond acceptors (Lipinski definition) is 4. The number of anilines is 1. The monoisotopic (exact) mass is 422 g/mol. The first-order chi connectivity index (χ1) is 13.1. The van der Waals surface area contributed by atoms with E-state index in [1.54, 1.807) is 0 Å². The number of benzene rings is 2. The number of carbonyl (C=O) groups is 2. The lowest BCUT2D eigenvalue weighted by Gasteiger charge is -2.18. The SMILES string of the molecule is Cc1cccc(C)c1NC(=O)CN(C)C(=O)CCS(=O)(=O)c1ccc(Cl)cc1. The van der Waals surface area contributed by atoms with Gasteiger partial charge in [0.25, 0.3) is 0 Å². The van der Waals surface area contributed by atoms with Gasteiger partial charge in [-0.25, -0.2) is 8.42 Å². The Hall–Kier alpha value is -2.38. The molecule has 28 heavy (non-hydrogen) atoms. The van der Waals surface area contributed by atoms with Crippen LogP contribution in [0.15, 0.2) is 47.4 Å². The van der Waals surface area contributed by atoms with Gasteiger partial charge in [-0.1, -0.05) is 29.8 Å². The van der Waals surface area contributed by atoms with Crippen molar-refractivity contribution in [1.82, 2.24) is 4.90 Å². The number of amides is 2. The molecule has 0 heterocycles. The highest BCUT2D eigenvalue weighted by Crippen LogP contribution is 2.19. The summed E-state index contributed by atoms with van der Waals surface area (Å²) in [5, 5.41) is 3.24. The van der Waals surface area contributed by atoms with Gasteiger partial charge in [0.2, 0.25) is 11.8 Å². The minimum atomic E-state index is -3.60. The number of likely N-dealkylation sites (N-methyl/N-ethyl adjacent to an activating group) is 1. The number of sulfone groups is 1. The van der Waals surface area contributed by atoms with Crippen LogP contribution in [0.5, 0.6) is 0 Å². The predicted molar refractivity (Wildman–Crippen MR) is 110 cm³/mol. The molecular formula is C20H23ClN2O4S. The van der Waals surface area contributed by atoms with E-state index >= 15 is 0 Å². The Kier molecular flexibility index (Phi) is 7.21. The van der Waals surface area contributed by atoms with E-state index in [9.17, 15) is 18.0 Å². The van der Waals surface area contributed by atoms with Gasteiger partial charge in [0, 0.05) is 24.2 Å². The maximum Gasteiger partial charge on any atom is 0.243 e. The summed E-state index contributed by atoms with van der Waals surface area (Å²) >= 11 is 5.76. The molecule has 0 fully saturated rings. The Morgan fingerprint density at radius 2 is 1.61 bits per heavy atom. The second kappa shape index (κ2) is 9.21. The summed E-state index contributed by atoms with van der Waals surface area (Å²) in [5.74, 6) is -1.10. The van der Waals surface area contributed by atoms with Crippen molar-refractivity contribution in [3.63, 3.8) is 0 Å². The van der Waals surface area contributed by atoms with E-state index < -0.39 is 15.7 Å². The number of hydrogen-bond donors (Lipinski definition) is 1. The number of nitrogens with zero attached hydrogens (tertiary/aromatic N) is 1. The van der Waals surface area contributed by atoms with Crippen LogP contribution in [0.3, 0.4) is 0 Å². The molecule has 0 aromatic heterocycles. The average molecular weight is 423 g/mol. The highest BCUT2D eigenvalue weighted by Gasteiger charge is 2.20. The molecule has 0 atom stereocenters. The van der Waals surface area contributed by atoms with Gasteiger partial charge in [0.15, 0.2) is 9.84 Å². The molecule has 2 rings (SSSR count). The van der Waals surface area contributed by atoms with Gasteiger partial charge in [-0.15, -0.1) is 0 Å². The number of nitrogens with one attached hydrogen (secondary N) is 1. The molecule has 0 aliphatic rings. The Bertz CT molecular complexity index is 952. The van der Waals surface area contributed by atoms with E-state index in [1.165, 1.54) is 36.2 Å². The summed E-state index contributed by atoms with van der Waals surface area (Å²) in [6.07, 6.45) is -0.210. The van der Waals surface area contributed by atoms with E-state index in [2.05, 4.69) is 5.32 Å². The van der Waals surface area contributed by atoms with Gasteiger partial charge in [0.05, 0.1) is 17.2 Å². The number of rotatable bonds is 7. The van der Waals surface area contributed by atoms with Crippen molar-refractivity contribution in [3.05, 3.63) is 58.6 Å². The molecule has 2 amide bonds. The molecule has 0 saturated carbocycles. The van der Waals surface area contributed by atoms with Crippen LogP contribution in [0.1, 0.15) is 17.5 Å². The number of aryl methyl sites for hydroxylation is 2. The molecule has 2 aromatic rings. The summed E-state index contributed by atoms with van der Waals surface area (Å²) in [6, 6.07) is 11.5. The molecule has 0 radical (unpaired) electrons. The zero-order valence-corrected chi connectivity index (χ0v) is 17.6. The van der Waals surface area contributed by atoms with Gasteiger partial charge >= 0.3 is 0 Å². The molecule has 0 bridgehead atoms. The lowest BCUT2D eigenvalue weighted by Crippen LogP contribution is -2.35. The van der Waals surface area contributed by atoms with Crippen LogP contribution >= 0.6 is 11.6 Å². The van der Waals surface area contributed by atoms with Gasteiger partial charge < -0.3 is 10.2 Å². The Balaban J connectivity index is 1.92. The second-order valence-corrected chi connectivity index (χ2v) is 9.13. The summed E-state index contributed by atoms with van der Waals surface area (Å²) in [6.45, 7) is 3.62. The van der Waals surface area contributed by atoms with E-state index in [1.807, 2.05) is 32.0 Å². The molecule has 2 aromatic carbocycles. The van der Waals surface area contributed by atoms with Crippen LogP contribution in [0.2, 0.25) is 5.02 Å². The lowest BCUT2D eigenvalue weighted by molar-refractivity contribution is -0.132. The van der Waals surface area contributed by atoms with Crippen molar-refractivity contribution >= 4 is 38.9 Å². The fraction of sp³-hybridized carbons (Fsp3) is 0.300. The largest absolute Gasteiger partial charge is 0.336 e. The molecule has 1 N–H and O–H groups in total. The van der Waals surface area contributed by atoms with Crippen LogP contribution in [-0.2, 0) is 19.4 Å². The smallest absolute Gasteiger partial charge is 0.243 e. The fourth-order valence-electron chi connectivity index (χ4n) is 2.67. The van der Waals surface area contributed by atoms with Gasteiger partial charge in [-0.2, -0.15) is 0 Å². The van der Waals surface area contributed by atoms with Gasteiger partial charge in [0.1, 0.15) is 0 Å². The molecule has 0 aliphatic carbocycles. The van der Waals surface area contributed by atoms with E-state index in [0.717, 1.165) is 16.8 Å². The zero-order valence-electron chi connectivity index (χ0n) is 16.0. The second-order valence-electron chi connectivity index (χ2n) is 6.59. The summed E-state index contributed by atoms with van der Waals surface area (Å²) in [4.78, 5) is 25.8. The third kappa shape index (κ3) is 5.81. The highest BCUT2D eigenvalue weighted by molar-refractivity contribution is 7.91. The number of para-hydroxylation sites is 1. The molecular weight excluding hydrogens is 400 g/mol. The topological polar surface area (TPSA) is 83.6 Å². The molecule has 0 unspecified atom stereocenters. The van der Waals surface area contributed by atoms with Crippen LogP contribution < -0.4 is 5.32 Å². The van der Waals surface area contributed by atoms with E-state index in [0.29, 0.717) is 5.02 Å². The Morgan fingerprint density at radius 3 is 2.18 bits per heavy atom. The molecule has 150 valence electrons. The minimum Gasteiger partial charge on any atom is -0.336 e. The first-order valence-corrected chi connectivity index (χ1v) is 10.7. The number of halogens is 1. The minimum absolute atomic E-state index is 0.111. The highest BCUT2D eigenvalue weighted by atomic mass is 35.5. The quantitative estimate of drug-likeness (QED) is 0.742. The Morgan fingerprint density at radius 1 is 1.04 bits per heavy atom. The predicted octanol–water partition coefficient (Wildman–Crippen LogP) is 3.22. The van der Waals surface area contributed by atoms with Crippen LogP contribution in [-0.4, -0.2) is 44.5 Å². The van der Waals surface area contributed by atoms with Crippen molar-refractivity contribution in [2.75, 3.05) is 24.7 Å². The first-order valence-electron chi connectivity index (χ1n) is 8.68. The van der Waals surface area contributed by atoms with E-state index in [4.69, 9.17) is 11.6 Å². The maximum absolute atomic E-state index is 12.3. The third-order valence-electron chi connectivity index (χ3n) is 4.31. The normalized spacial score (nSPS) is 11.1. The maximum atomic E-state index is 12.3. The Labute approximate surface area is 170 Å². The van der Waals surface area contributed by atoms with Crippen molar-refractivity contribution in [2.24, 2.45) is 0 Å². The van der Waals surface area contributed by atoms with Crippen LogP contribution in [0, 0.1) is 13.8 Å². The summed E-state index contributed by atoms with van der Waals surface area (Å²) in [7, 11) is -2.13. The molecule has 6 nitrogen and oxygen atoms in total. The van der Waals surface area contributed by atoms with Crippen molar-refractivity contribution in [3.8, 4) is 0 Å². The van der Waals surface area contributed by atoms with Crippen molar-refractivity contribution < 1.29 is 18.0 Å². The standard InChI is InChI=1S/C20H23ClN2O4S/c1-14-5-4-6-15(2)20(14)22-18(24)13-23(3)19(25)11-12-28(26,27)17-9-7-16(21)8-10-17/h4-10H,11-13H2,1-3H3,(H,22,24). The fourth-order valence-corrected chi connectivity index (χ4v) is 4.02. The average Bonchev–Trinajstić information content (AvgIpc) is 2.63. The number of carbonyl (C=O) groups excluding carboxylic acids is 2. The van der Waals surface area contributed by atoms with Crippen molar-refractivity contribution in [1.29, 1.82) is 0 Å². The lowest BCUT2D eigenvalue weighted by atomic mass is 10.1. The van der Waals surface area contributed by atoms with Gasteiger partial charge in [-0.3, -0.25) is 9.59 Å². The zero-order chi connectivity index (χ0) is 20.9. The first kappa shape index (κ1) is 21.9. The summed E-state index contributed by atoms with van der Waals surface area (Å²) in [5.41, 5.74) is 2.58. The van der Waals surface area contributed by atoms with Crippen molar-refractivity contribution in [2.45, 2.75) is 25.2 Å². The van der Waals surface area contributed by atoms with E-state index in [-0.39, 0.29) is 29.5 Å². The third-order valence-corrected chi connectivity index (χ3v) is 6.29. The molecule has 8 heteroatoms. The summed E-state index contributed by atoms with van der Waals surface area (Å²) < 4.78 is 24.6. The molecule has 0 saturated heterocycles.